The molecule has 0 radical (unpaired) electrons. The van der Waals surface area contributed by atoms with Gasteiger partial charge in [-0.25, -0.2) is 4.98 Å². The molecule has 4 aromatic rings. The van der Waals surface area contributed by atoms with Gasteiger partial charge in [0.1, 0.15) is 5.65 Å². The minimum atomic E-state index is -0.100. The van der Waals surface area contributed by atoms with Crippen molar-refractivity contribution in [1.29, 1.82) is 0 Å². The second-order valence-electron chi connectivity index (χ2n) is 8.38. The van der Waals surface area contributed by atoms with E-state index < -0.39 is 0 Å². The van der Waals surface area contributed by atoms with Gasteiger partial charge in [0, 0.05) is 49.0 Å². The van der Waals surface area contributed by atoms with Gasteiger partial charge in [0.2, 0.25) is 0 Å². The molecule has 0 fully saturated rings. The summed E-state index contributed by atoms with van der Waals surface area (Å²) in [5.41, 5.74) is 6.12. The molecule has 0 aliphatic carbocycles. The third-order valence-corrected chi connectivity index (χ3v) is 6.54. The zero-order chi connectivity index (χ0) is 21.7. The summed E-state index contributed by atoms with van der Waals surface area (Å²) in [4.78, 5) is 20.3. The fourth-order valence-electron chi connectivity index (χ4n) is 5.07. The number of amides is 1. The predicted molar refractivity (Wildman–Crippen MR) is 122 cm³/mol. The van der Waals surface area contributed by atoms with Crippen LogP contribution in [0.3, 0.4) is 0 Å². The van der Waals surface area contributed by atoms with Crippen LogP contribution < -0.4 is 0 Å². The van der Waals surface area contributed by atoms with Crippen molar-refractivity contribution in [2.45, 2.75) is 38.8 Å². The number of hydrogen-bond donors (Lipinski definition) is 0. The van der Waals surface area contributed by atoms with E-state index >= 15 is 0 Å². The number of aryl methyl sites for hydroxylation is 2. The van der Waals surface area contributed by atoms with Crippen molar-refractivity contribution in [3.8, 4) is 11.3 Å². The molecule has 0 N–H and O–H groups in total. The summed E-state index contributed by atoms with van der Waals surface area (Å²) in [6.45, 7) is 4.26. The molecule has 31 heavy (non-hydrogen) atoms. The highest BCUT2D eigenvalue weighted by Gasteiger charge is 2.39. The molecule has 1 aromatic carbocycles. The van der Waals surface area contributed by atoms with Crippen LogP contribution in [0.4, 0.5) is 0 Å². The minimum Gasteiger partial charge on any atom is -0.335 e. The lowest BCUT2D eigenvalue weighted by atomic mass is 9.89. The van der Waals surface area contributed by atoms with Crippen molar-refractivity contribution in [2.24, 2.45) is 14.1 Å². The number of carbonyl (C=O) groups is 1. The number of benzene rings is 1. The number of nitrogens with zero attached hydrogens (tertiary/aromatic N) is 5. The second-order valence-corrected chi connectivity index (χ2v) is 8.38. The first-order valence-corrected chi connectivity index (χ1v) is 10.8. The van der Waals surface area contributed by atoms with E-state index in [1.807, 2.05) is 52.6 Å². The summed E-state index contributed by atoms with van der Waals surface area (Å²) >= 11 is 0. The van der Waals surface area contributed by atoms with E-state index in [9.17, 15) is 4.79 Å². The molecule has 2 atom stereocenters. The normalized spacial score (nSPS) is 18.4. The van der Waals surface area contributed by atoms with E-state index in [-0.39, 0.29) is 18.0 Å². The number of pyridine rings is 1. The Balaban J connectivity index is 1.60. The molecule has 158 valence electrons. The van der Waals surface area contributed by atoms with E-state index in [1.54, 1.807) is 6.20 Å². The van der Waals surface area contributed by atoms with Gasteiger partial charge in [-0.2, -0.15) is 5.10 Å². The summed E-state index contributed by atoms with van der Waals surface area (Å²) in [5, 5.41) is 5.77. The van der Waals surface area contributed by atoms with Crippen LogP contribution in [-0.4, -0.2) is 36.2 Å². The Morgan fingerprint density at radius 1 is 1.13 bits per heavy atom. The van der Waals surface area contributed by atoms with Crippen LogP contribution in [0.15, 0.2) is 54.9 Å². The molecule has 0 spiro atoms. The number of rotatable bonds is 3. The fourth-order valence-corrected chi connectivity index (χ4v) is 5.07. The van der Waals surface area contributed by atoms with Crippen LogP contribution >= 0.6 is 0 Å². The minimum absolute atomic E-state index is 0.0514. The maximum absolute atomic E-state index is 13.8. The number of aromatic nitrogens is 4. The topological polar surface area (TPSA) is 56.0 Å². The molecule has 6 heteroatoms. The first-order valence-electron chi connectivity index (χ1n) is 10.8. The Morgan fingerprint density at radius 3 is 2.65 bits per heavy atom. The Kier molecular flexibility index (Phi) is 4.65. The molecule has 6 nitrogen and oxygen atoms in total. The third-order valence-electron chi connectivity index (χ3n) is 6.54. The van der Waals surface area contributed by atoms with E-state index in [1.165, 1.54) is 11.1 Å². The molecule has 1 amide bonds. The zero-order valence-corrected chi connectivity index (χ0v) is 18.4. The van der Waals surface area contributed by atoms with Crippen molar-refractivity contribution in [3.63, 3.8) is 0 Å². The highest BCUT2D eigenvalue weighted by Crippen LogP contribution is 2.39. The standard InChI is InChI=1S/C25H27N5O/c1-5-18-14-20-22(27-29(4)23(20)17-10-7-6-8-11-17)16(2)30(18)25(31)21-15-28(3)24-19(21)12-9-13-26-24/h6-13,15-16,18H,5,14H2,1-4H3. The van der Waals surface area contributed by atoms with Crippen molar-refractivity contribution < 1.29 is 4.79 Å². The summed E-state index contributed by atoms with van der Waals surface area (Å²) in [7, 11) is 3.93. The Labute approximate surface area is 182 Å². The fraction of sp³-hybridized carbons (Fsp3) is 0.320. The summed E-state index contributed by atoms with van der Waals surface area (Å²) < 4.78 is 3.90. The van der Waals surface area contributed by atoms with Crippen molar-refractivity contribution in [3.05, 3.63) is 71.7 Å². The molecule has 1 aliphatic rings. The van der Waals surface area contributed by atoms with E-state index in [2.05, 4.69) is 43.1 Å². The lowest BCUT2D eigenvalue weighted by Crippen LogP contribution is -2.46. The molecule has 4 heterocycles. The lowest BCUT2D eigenvalue weighted by Gasteiger charge is -2.40. The van der Waals surface area contributed by atoms with Gasteiger partial charge in [-0.3, -0.25) is 9.48 Å². The smallest absolute Gasteiger partial charge is 0.256 e. The van der Waals surface area contributed by atoms with E-state index in [0.29, 0.717) is 5.56 Å². The van der Waals surface area contributed by atoms with Gasteiger partial charge in [0.05, 0.1) is 23.0 Å². The molecular formula is C25H27N5O. The number of carbonyl (C=O) groups excluding carboxylic acids is 1. The Morgan fingerprint density at radius 2 is 1.90 bits per heavy atom. The van der Waals surface area contributed by atoms with Gasteiger partial charge >= 0.3 is 0 Å². The largest absolute Gasteiger partial charge is 0.335 e. The highest BCUT2D eigenvalue weighted by molar-refractivity contribution is 6.06. The van der Waals surface area contributed by atoms with Gasteiger partial charge < -0.3 is 9.47 Å². The third kappa shape index (κ3) is 2.97. The van der Waals surface area contributed by atoms with Gasteiger partial charge in [0.25, 0.3) is 5.91 Å². The molecular weight excluding hydrogens is 386 g/mol. The van der Waals surface area contributed by atoms with Crippen LogP contribution in [0.2, 0.25) is 0 Å². The van der Waals surface area contributed by atoms with Crippen molar-refractivity contribution in [2.75, 3.05) is 0 Å². The summed E-state index contributed by atoms with van der Waals surface area (Å²) in [6.07, 6.45) is 5.37. The van der Waals surface area contributed by atoms with Crippen molar-refractivity contribution in [1.82, 2.24) is 24.2 Å². The van der Waals surface area contributed by atoms with Gasteiger partial charge in [-0.15, -0.1) is 0 Å². The summed E-state index contributed by atoms with van der Waals surface area (Å²) in [5.74, 6) is 0.0514. The second kappa shape index (κ2) is 7.38. The van der Waals surface area contributed by atoms with Crippen LogP contribution in [0.1, 0.15) is 47.9 Å². The average Bonchev–Trinajstić information content (AvgIpc) is 3.31. The highest BCUT2D eigenvalue weighted by atomic mass is 16.2. The van der Waals surface area contributed by atoms with E-state index in [4.69, 9.17) is 5.10 Å². The lowest BCUT2D eigenvalue weighted by molar-refractivity contribution is 0.0547. The molecule has 0 bridgehead atoms. The SMILES string of the molecule is CCC1Cc2c(nn(C)c2-c2ccccc2)C(C)N1C(=O)c1cn(C)c2ncccc12. The summed E-state index contributed by atoms with van der Waals surface area (Å²) in [6, 6.07) is 14.3. The quantitative estimate of drug-likeness (QED) is 0.496. The first-order chi connectivity index (χ1) is 15.0. The first kappa shape index (κ1) is 19.5. The van der Waals surface area contributed by atoms with Crippen LogP contribution in [-0.2, 0) is 20.5 Å². The number of fused-ring (bicyclic) bond motifs is 2. The van der Waals surface area contributed by atoms with Crippen molar-refractivity contribution >= 4 is 16.9 Å². The molecule has 1 aliphatic heterocycles. The molecule has 3 aromatic heterocycles. The predicted octanol–water partition coefficient (Wildman–Crippen LogP) is 4.51. The molecule has 0 saturated heterocycles. The Bertz CT molecular complexity index is 1270. The van der Waals surface area contributed by atoms with Crippen LogP contribution in [0, 0.1) is 0 Å². The average molecular weight is 414 g/mol. The molecule has 0 saturated carbocycles. The maximum Gasteiger partial charge on any atom is 0.256 e. The molecule has 2 unspecified atom stereocenters. The van der Waals surface area contributed by atoms with Crippen LogP contribution in [0.5, 0.6) is 0 Å². The van der Waals surface area contributed by atoms with Gasteiger partial charge in [0.15, 0.2) is 0 Å². The zero-order valence-electron chi connectivity index (χ0n) is 18.4. The Hall–Kier alpha value is -3.41. The monoisotopic (exact) mass is 413 g/mol. The number of hydrogen-bond acceptors (Lipinski definition) is 3. The van der Waals surface area contributed by atoms with Gasteiger partial charge in [-0.1, -0.05) is 37.3 Å². The molecule has 5 rings (SSSR count). The maximum atomic E-state index is 13.8. The van der Waals surface area contributed by atoms with Gasteiger partial charge in [-0.05, 0) is 31.9 Å². The van der Waals surface area contributed by atoms with E-state index in [0.717, 1.165) is 35.3 Å². The van der Waals surface area contributed by atoms with Crippen LogP contribution in [0.25, 0.3) is 22.3 Å².